The summed E-state index contributed by atoms with van der Waals surface area (Å²) in [5.74, 6) is 0.148. The molecule has 1 aromatic carbocycles. The molecule has 1 saturated carbocycles. The van der Waals surface area contributed by atoms with Gasteiger partial charge < -0.3 is 10.1 Å². The standard InChI is InChI=1S/C21H26F3N3O/c1-3-14(2)15-9-11-16(12-10-15)26-20-25-13-18(21(22,23)24)19(27-20)28-17-7-5-4-6-8-17/h9-14,17H,3-8H2,1-2H3,(H,25,26,27). The fourth-order valence-electron chi connectivity index (χ4n) is 3.31. The summed E-state index contributed by atoms with van der Waals surface area (Å²) in [6, 6.07) is 7.76. The summed E-state index contributed by atoms with van der Waals surface area (Å²) in [4.78, 5) is 7.88. The number of aromatic nitrogens is 2. The first-order valence-electron chi connectivity index (χ1n) is 9.84. The van der Waals surface area contributed by atoms with Gasteiger partial charge >= 0.3 is 6.18 Å². The molecule has 3 rings (SSSR count). The van der Waals surface area contributed by atoms with E-state index in [9.17, 15) is 13.2 Å². The van der Waals surface area contributed by atoms with Crippen molar-refractivity contribution in [2.45, 2.75) is 70.6 Å². The maximum Gasteiger partial charge on any atom is 0.423 e. The summed E-state index contributed by atoms with van der Waals surface area (Å²) in [5, 5.41) is 2.97. The van der Waals surface area contributed by atoms with Crippen LogP contribution in [-0.4, -0.2) is 16.1 Å². The quantitative estimate of drug-likeness (QED) is 0.611. The molecule has 1 atom stereocenters. The highest BCUT2D eigenvalue weighted by Crippen LogP contribution is 2.37. The average molecular weight is 393 g/mol. The zero-order valence-corrected chi connectivity index (χ0v) is 16.2. The third-order valence-electron chi connectivity index (χ3n) is 5.24. The maximum atomic E-state index is 13.3. The van der Waals surface area contributed by atoms with Gasteiger partial charge in [0.05, 0.1) is 0 Å². The second-order valence-electron chi connectivity index (χ2n) is 7.34. The first-order valence-corrected chi connectivity index (χ1v) is 9.84. The van der Waals surface area contributed by atoms with Gasteiger partial charge in [0.25, 0.3) is 0 Å². The third-order valence-corrected chi connectivity index (χ3v) is 5.24. The van der Waals surface area contributed by atoms with Crippen LogP contribution in [0.1, 0.15) is 69.4 Å². The van der Waals surface area contributed by atoms with Crippen molar-refractivity contribution in [3.05, 3.63) is 41.6 Å². The number of hydrogen-bond acceptors (Lipinski definition) is 4. The molecule has 1 aliphatic carbocycles. The summed E-state index contributed by atoms with van der Waals surface area (Å²) in [5.41, 5.74) is 0.994. The SMILES string of the molecule is CCC(C)c1ccc(Nc2ncc(C(F)(F)F)c(OC3CCCCC3)n2)cc1. The van der Waals surface area contributed by atoms with Gasteiger partial charge in [-0.3, -0.25) is 0 Å². The lowest BCUT2D eigenvalue weighted by molar-refractivity contribution is -0.140. The predicted molar refractivity (Wildman–Crippen MR) is 103 cm³/mol. The minimum absolute atomic E-state index is 0.0927. The number of ether oxygens (including phenoxy) is 1. The topological polar surface area (TPSA) is 47.0 Å². The molecule has 1 unspecified atom stereocenters. The van der Waals surface area contributed by atoms with Crippen LogP contribution in [0.3, 0.4) is 0 Å². The van der Waals surface area contributed by atoms with Gasteiger partial charge in [-0.1, -0.05) is 32.4 Å². The Bertz CT molecular complexity index is 771. The third kappa shape index (κ3) is 5.14. The van der Waals surface area contributed by atoms with Crippen molar-refractivity contribution in [3.63, 3.8) is 0 Å². The van der Waals surface area contributed by atoms with E-state index in [4.69, 9.17) is 4.74 Å². The van der Waals surface area contributed by atoms with E-state index >= 15 is 0 Å². The molecule has 2 aromatic rings. The number of nitrogens with one attached hydrogen (secondary N) is 1. The van der Waals surface area contributed by atoms with Crippen LogP contribution in [0.15, 0.2) is 30.5 Å². The molecule has 1 aromatic heterocycles. The van der Waals surface area contributed by atoms with E-state index in [-0.39, 0.29) is 12.1 Å². The molecule has 0 radical (unpaired) electrons. The zero-order chi connectivity index (χ0) is 20.1. The summed E-state index contributed by atoms with van der Waals surface area (Å²) in [6.07, 6.45) is 1.57. The highest BCUT2D eigenvalue weighted by molar-refractivity contribution is 5.54. The van der Waals surface area contributed by atoms with E-state index in [1.54, 1.807) is 0 Å². The average Bonchev–Trinajstić information content (AvgIpc) is 2.68. The molecule has 1 fully saturated rings. The molecule has 152 valence electrons. The van der Waals surface area contributed by atoms with Crippen LogP contribution in [0.2, 0.25) is 0 Å². The summed E-state index contributed by atoms with van der Waals surface area (Å²) < 4.78 is 45.6. The predicted octanol–water partition coefficient (Wildman–Crippen LogP) is 6.46. The number of anilines is 2. The molecule has 0 amide bonds. The van der Waals surface area contributed by atoms with Crippen molar-refractivity contribution in [3.8, 4) is 5.88 Å². The van der Waals surface area contributed by atoms with E-state index in [1.165, 1.54) is 5.56 Å². The fourth-order valence-corrected chi connectivity index (χ4v) is 3.31. The molecule has 28 heavy (non-hydrogen) atoms. The van der Waals surface area contributed by atoms with Crippen molar-refractivity contribution in [2.24, 2.45) is 0 Å². The van der Waals surface area contributed by atoms with E-state index in [0.717, 1.165) is 50.4 Å². The second kappa shape index (κ2) is 8.80. The first kappa shape index (κ1) is 20.4. The number of nitrogens with zero attached hydrogens (tertiary/aromatic N) is 2. The van der Waals surface area contributed by atoms with Crippen molar-refractivity contribution >= 4 is 11.6 Å². The van der Waals surface area contributed by atoms with Gasteiger partial charge in [0, 0.05) is 11.9 Å². The number of alkyl halides is 3. The van der Waals surface area contributed by atoms with Gasteiger partial charge in [-0.15, -0.1) is 0 Å². The summed E-state index contributed by atoms with van der Waals surface area (Å²) in [6.45, 7) is 4.27. The molecule has 1 N–H and O–H groups in total. The van der Waals surface area contributed by atoms with Gasteiger partial charge in [-0.05, 0) is 55.7 Å². The summed E-state index contributed by atoms with van der Waals surface area (Å²) in [7, 11) is 0. The minimum Gasteiger partial charge on any atom is -0.474 e. The summed E-state index contributed by atoms with van der Waals surface area (Å²) >= 11 is 0. The van der Waals surface area contributed by atoms with E-state index in [1.807, 2.05) is 24.3 Å². The lowest BCUT2D eigenvalue weighted by Crippen LogP contribution is -2.22. The Morgan fingerprint density at radius 2 is 1.82 bits per heavy atom. The molecule has 0 aliphatic heterocycles. The smallest absolute Gasteiger partial charge is 0.423 e. The normalized spacial score (nSPS) is 16.6. The molecular weight excluding hydrogens is 367 g/mol. The molecule has 4 nitrogen and oxygen atoms in total. The van der Waals surface area contributed by atoms with Crippen molar-refractivity contribution in [1.29, 1.82) is 0 Å². The molecule has 0 spiro atoms. The van der Waals surface area contributed by atoms with E-state index in [2.05, 4.69) is 29.1 Å². The van der Waals surface area contributed by atoms with Crippen LogP contribution in [0.25, 0.3) is 0 Å². The molecule has 1 heterocycles. The minimum atomic E-state index is -4.56. The second-order valence-corrected chi connectivity index (χ2v) is 7.34. The molecular formula is C21H26F3N3O. The molecule has 7 heteroatoms. The number of benzene rings is 1. The number of rotatable bonds is 6. The van der Waals surface area contributed by atoms with Crippen LogP contribution in [0.5, 0.6) is 5.88 Å². The Morgan fingerprint density at radius 3 is 2.43 bits per heavy atom. The van der Waals surface area contributed by atoms with Crippen LogP contribution in [0.4, 0.5) is 24.8 Å². The Labute approximate surface area is 163 Å². The van der Waals surface area contributed by atoms with E-state index < -0.39 is 17.6 Å². The van der Waals surface area contributed by atoms with Gasteiger partial charge in [-0.25, -0.2) is 4.98 Å². The van der Waals surface area contributed by atoms with Gasteiger partial charge in [0.2, 0.25) is 11.8 Å². The Morgan fingerprint density at radius 1 is 1.14 bits per heavy atom. The fraction of sp³-hybridized carbons (Fsp3) is 0.524. The first-order chi connectivity index (χ1) is 13.4. The van der Waals surface area contributed by atoms with Crippen molar-refractivity contribution < 1.29 is 17.9 Å². The monoisotopic (exact) mass is 393 g/mol. The molecule has 0 bridgehead atoms. The number of hydrogen-bond donors (Lipinski definition) is 1. The van der Waals surface area contributed by atoms with Gasteiger partial charge in [0.1, 0.15) is 11.7 Å². The molecule has 1 aliphatic rings. The van der Waals surface area contributed by atoms with E-state index in [0.29, 0.717) is 5.92 Å². The van der Waals surface area contributed by atoms with Gasteiger partial charge in [0.15, 0.2) is 0 Å². The largest absolute Gasteiger partial charge is 0.474 e. The Hall–Kier alpha value is -2.31. The lowest BCUT2D eigenvalue weighted by atomic mass is 9.98. The Kier molecular flexibility index (Phi) is 6.42. The number of halogens is 3. The van der Waals surface area contributed by atoms with Gasteiger partial charge in [-0.2, -0.15) is 18.2 Å². The van der Waals surface area contributed by atoms with Crippen LogP contribution in [-0.2, 0) is 6.18 Å². The highest BCUT2D eigenvalue weighted by Gasteiger charge is 2.37. The van der Waals surface area contributed by atoms with Crippen LogP contribution in [0, 0.1) is 0 Å². The van der Waals surface area contributed by atoms with Crippen molar-refractivity contribution in [1.82, 2.24) is 9.97 Å². The lowest BCUT2D eigenvalue weighted by Gasteiger charge is -2.24. The van der Waals surface area contributed by atoms with Crippen molar-refractivity contribution in [2.75, 3.05) is 5.32 Å². The van der Waals surface area contributed by atoms with Crippen LogP contribution < -0.4 is 10.1 Å². The Balaban J connectivity index is 1.80. The highest BCUT2D eigenvalue weighted by atomic mass is 19.4. The maximum absolute atomic E-state index is 13.3. The molecule has 0 saturated heterocycles. The van der Waals surface area contributed by atoms with Crippen LogP contribution >= 0.6 is 0 Å². The zero-order valence-electron chi connectivity index (χ0n) is 16.2.